The third-order valence-electron chi connectivity index (χ3n) is 5.18. The maximum atomic E-state index is 12.2. The summed E-state index contributed by atoms with van der Waals surface area (Å²) in [5.74, 6) is 0.357. The number of halogens is 1. The van der Waals surface area contributed by atoms with Gasteiger partial charge in [-0.3, -0.25) is 20.4 Å². The Balaban J connectivity index is 1.78. The molecule has 4 N–H and O–H groups in total. The quantitative estimate of drug-likeness (QED) is 0.453. The van der Waals surface area contributed by atoms with Crippen molar-refractivity contribution in [3.63, 3.8) is 0 Å². The molecule has 8 heteroatoms. The van der Waals surface area contributed by atoms with E-state index in [2.05, 4.69) is 35.3 Å². The van der Waals surface area contributed by atoms with Gasteiger partial charge in [0.1, 0.15) is 6.04 Å². The second kappa shape index (κ2) is 9.90. The van der Waals surface area contributed by atoms with Gasteiger partial charge in [-0.15, -0.1) is 0 Å². The fourth-order valence-corrected chi connectivity index (χ4v) is 3.63. The van der Waals surface area contributed by atoms with Gasteiger partial charge >= 0.3 is 0 Å². The summed E-state index contributed by atoms with van der Waals surface area (Å²) in [6.45, 7) is 6.06. The molecule has 0 heterocycles. The predicted molar refractivity (Wildman–Crippen MR) is 111 cm³/mol. The number of nitrogens with one attached hydrogen (secondary N) is 4. The van der Waals surface area contributed by atoms with Crippen LogP contribution in [0, 0.1) is 11.8 Å². The molecule has 1 aliphatic carbocycles. The van der Waals surface area contributed by atoms with Crippen LogP contribution in [0.3, 0.4) is 0 Å². The maximum absolute atomic E-state index is 12.2. The molecule has 1 aromatic carbocycles. The zero-order valence-corrected chi connectivity index (χ0v) is 17.4. The van der Waals surface area contributed by atoms with E-state index in [-0.39, 0.29) is 0 Å². The SMILES string of the molecule is C[C@H]1[C@@H](NC(=S)NNC(=O)[C@H](C)NC(=O)c2ccccc2Cl)CCC[C@@H]1C. The molecule has 1 saturated carbocycles. The topological polar surface area (TPSA) is 82.3 Å². The highest BCUT2D eigenvalue weighted by atomic mass is 35.5. The standard InChI is InChI=1S/C19H27ClN4O2S/c1-11-7-6-10-16(12(11)2)22-19(27)24-23-17(25)13(3)21-18(26)14-8-4-5-9-15(14)20/h4-5,8-9,11-13,16H,6-7,10H2,1-3H3,(H,21,26)(H,23,25)(H2,22,24,27)/t11-,12+,13-,16-/m0/s1. The Hall–Kier alpha value is -1.86. The van der Waals surface area contributed by atoms with Gasteiger partial charge in [-0.1, -0.05) is 50.4 Å². The van der Waals surface area contributed by atoms with Crippen molar-refractivity contribution in [3.8, 4) is 0 Å². The molecule has 6 nitrogen and oxygen atoms in total. The predicted octanol–water partition coefficient (Wildman–Crippen LogP) is 2.78. The summed E-state index contributed by atoms with van der Waals surface area (Å²) < 4.78 is 0. The molecule has 0 radical (unpaired) electrons. The van der Waals surface area contributed by atoms with E-state index >= 15 is 0 Å². The van der Waals surface area contributed by atoms with Crippen molar-refractivity contribution in [2.24, 2.45) is 11.8 Å². The van der Waals surface area contributed by atoms with Gasteiger partial charge in [-0.2, -0.15) is 0 Å². The normalized spacial score (nSPS) is 23.0. The molecule has 1 aliphatic rings. The molecular weight excluding hydrogens is 384 g/mol. The maximum Gasteiger partial charge on any atom is 0.260 e. The summed E-state index contributed by atoms with van der Waals surface area (Å²) in [5, 5.41) is 6.59. The monoisotopic (exact) mass is 410 g/mol. The first-order valence-corrected chi connectivity index (χ1v) is 10.00. The molecule has 0 saturated heterocycles. The van der Waals surface area contributed by atoms with E-state index in [0.29, 0.717) is 33.6 Å². The van der Waals surface area contributed by atoms with Gasteiger partial charge in [0, 0.05) is 6.04 Å². The van der Waals surface area contributed by atoms with Crippen LogP contribution in [0.2, 0.25) is 5.02 Å². The number of benzene rings is 1. The van der Waals surface area contributed by atoms with E-state index in [1.54, 1.807) is 31.2 Å². The minimum absolute atomic E-state index is 0.294. The molecule has 4 atom stereocenters. The summed E-state index contributed by atoms with van der Waals surface area (Å²) in [5.41, 5.74) is 5.57. The first-order valence-electron chi connectivity index (χ1n) is 9.21. The lowest BCUT2D eigenvalue weighted by Crippen LogP contribution is -2.55. The highest BCUT2D eigenvalue weighted by Crippen LogP contribution is 2.29. The van der Waals surface area contributed by atoms with Crippen LogP contribution in [0.25, 0.3) is 0 Å². The smallest absolute Gasteiger partial charge is 0.260 e. The van der Waals surface area contributed by atoms with Gasteiger partial charge in [-0.05, 0) is 49.5 Å². The first kappa shape index (κ1) is 21.4. The Morgan fingerprint density at radius 2 is 1.89 bits per heavy atom. The van der Waals surface area contributed by atoms with Crippen LogP contribution in [-0.4, -0.2) is 29.0 Å². The summed E-state index contributed by atoms with van der Waals surface area (Å²) in [6.07, 6.45) is 3.47. The number of carbonyl (C=O) groups is 2. The van der Waals surface area contributed by atoms with Gasteiger partial charge in [0.2, 0.25) is 0 Å². The van der Waals surface area contributed by atoms with Crippen LogP contribution in [0.4, 0.5) is 0 Å². The Bertz CT molecular complexity index is 700. The van der Waals surface area contributed by atoms with Crippen molar-refractivity contribution in [1.29, 1.82) is 0 Å². The third kappa shape index (κ3) is 6.07. The van der Waals surface area contributed by atoms with E-state index in [1.165, 1.54) is 12.8 Å². The molecular formula is C19H27ClN4O2S. The van der Waals surface area contributed by atoms with E-state index in [9.17, 15) is 9.59 Å². The number of hydrogen-bond donors (Lipinski definition) is 4. The van der Waals surface area contributed by atoms with E-state index < -0.39 is 17.9 Å². The Morgan fingerprint density at radius 3 is 2.59 bits per heavy atom. The second-order valence-electron chi connectivity index (χ2n) is 7.14. The van der Waals surface area contributed by atoms with Crippen molar-refractivity contribution >= 4 is 40.7 Å². The fraction of sp³-hybridized carbons (Fsp3) is 0.526. The largest absolute Gasteiger partial charge is 0.358 e. The van der Waals surface area contributed by atoms with Crippen LogP contribution in [0.15, 0.2) is 24.3 Å². The molecule has 0 spiro atoms. The summed E-state index contributed by atoms with van der Waals surface area (Å²) >= 11 is 11.3. The number of amides is 2. The minimum Gasteiger partial charge on any atom is -0.358 e. The zero-order valence-electron chi connectivity index (χ0n) is 15.8. The van der Waals surface area contributed by atoms with Gasteiger partial charge in [0.05, 0.1) is 10.6 Å². The van der Waals surface area contributed by atoms with Crippen LogP contribution in [-0.2, 0) is 4.79 Å². The molecule has 0 unspecified atom stereocenters. The molecule has 0 bridgehead atoms. The Kier molecular flexibility index (Phi) is 7.86. The summed E-state index contributed by atoms with van der Waals surface area (Å²) in [7, 11) is 0. The van der Waals surface area contributed by atoms with Crippen molar-refractivity contribution in [2.75, 3.05) is 0 Å². The molecule has 148 valence electrons. The van der Waals surface area contributed by atoms with Gasteiger partial charge in [-0.25, -0.2) is 0 Å². The Morgan fingerprint density at radius 1 is 1.19 bits per heavy atom. The minimum atomic E-state index is -0.752. The number of thiocarbonyl (C=S) groups is 1. The second-order valence-corrected chi connectivity index (χ2v) is 7.95. The van der Waals surface area contributed by atoms with Crippen LogP contribution < -0.4 is 21.5 Å². The van der Waals surface area contributed by atoms with Crippen molar-refractivity contribution in [2.45, 2.75) is 52.1 Å². The van der Waals surface area contributed by atoms with Crippen LogP contribution >= 0.6 is 23.8 Å². The lowest BCUT2D eigenvalue weighted by atomic mass is 9.78. The number of rotatable bonds is 4. The summed E-state index contributed by atoms with van der Waals surface area (Å²) in [4.78, 5) is 24.4. The zero-order chi connectivity index (χ0) is 20.0. The molecule has 1 aromatic rings. The highest BCUT2D eigenvalue weighted by Gasteiger charge is 2.27. The Labute approximate surface area is 170 Å². The van der Waals surface area contributed by atoms with E-state index in [1.807, 2.05) is 0 Å². The van der Waals surface area contributed by atoms with Crippen molar-refractivity contribution in [1.82, 2.24) is 21.5 Å². The molecule has 1 fully saturated rings. The average Bonchev–Trinajstić information content (AvgIpc) is 2.63. The lowest BCUT2D eigenvalue weighted by Gasteiger charge is -2.35. The average molecular weight is 411 g/mol. The van der Waals surface area contributed by atoms with Gasteiger partial charge in [0.15, 0.2) is 5.11 Å². The van der Waals surface area contributed by atoms with Gasteiger partial charge in [0.25, 0.3) is 11.8 Å². The lowest BCUT2D eigenvalue weighted by molar-refractivity contribution is -0.123. The molecule has 0 aliphatic heterocycles. The molecule has 2 amide bonds. The number of hydrazine groups is 1. The number of carbonyl (C=O) groups excluding carboxylic acids is 2. The first-order chi connectivity index (χ1) is 12.8. The third-order valence-corrected chi connectivity index (χ3v) is 5.73. The van der Waals surface area contributed by atoms with Crippen LogP contribution in [0.5, 0.6) is 0 Å². The van der Waals surface area contributed by atoms with Crippen molar-refractivity contribution in [3.05, 3.63) is 34.9 Å². The summed E-state index contributed by atoms with van der Waals surface area (Å²) in [6, 6.07) is 6.22. The van der Waals surface area contributed by atoms with E-state index in [4.69, 9.17) is 23.8 Å². The van der Waals surface area contributed by atoms with Crippen molar-refractivity contribution < 1.29 is 9.59 Å². The molecule has 27 heavy (non-hydrogen) atoms. The fourth-order valence-electron chi connectivity index (χ4n) is 3.20. The molecule has 2 rings (SSSR count). The van der Waals surface area contributed by atoms with Crippen LogP contribution in [0.1, 0.15) is 50.4 Å². The van der Waals surface area contributed by atoms with Gasteiger partial charge < -0.3 is 10.6 Å². The molecule has 0 aromatic heterocycles. The number of hydrogen-bond acceptors (Lipinski definition) is 3. The highest BCUT2D eigenvalue weighted by molar-refractivity contribution is 7.80. The van der Waals surface area contributed by atoms with E-state index in [0.717, 1.165) is 6.42 Å².